The first-order valence-corrected chi connectivity index (χ1v) is 8.34. The molecule has 1 aromatic heterocycles. The van der Waals surface area contributed by atoms with E-state index in [1.807, 2.05) is 25.3 Å². The van der Waals surface area contributed by atoms with Gasteiger partial charge < -0.3 is 10.4 Å². The van der Waals surface area contributed by atoms with Crippen LogP contribution in [0.4, 0.5) is 0 Å². The Hall–Kier alpha value is -1.88. The molecule has 0 spiro atoms. The van der Waals surface area contributed by atoms with Crippen LogP contribution < -0.4 is 15.0 Å². The predicted octanol–water partition coefficient (Wildman–Crippen LogP) is 3.38. The number of rotatable bonds is 5. The molecule has 0 saturated heterocycles. The smallest absolute Gasteiger partial charge is 0.238 e. The largest absolute Gasteiger partial charge is 0.867 e. The lowest BCUT2D eigenvalue weighted by Gasteiger charge is -2.18. The molecule has 24 heavy (non-hydrogen) atoms. The van der Waals surface area contributed by atoms with E-state index in [4.69, 9.17) is 35.4 Å². The highest BCUT2D eigenvalue weighted by Crippen LogP contribution is 2.26. The number of hydrogen-bond acceptors (Lipinski definition) is 2. The summed E-state index contributed by atoms with van der Waals surface area (Å²) >= 11 is 17.6. The number of halogens is 2. The second-order valence-corrected chi connectivity index (χ2v) is 6.34. The summed E-state index contributed by atoms with van der Waals surface area (Å²) < 4.78 is 1.69. The van der Waals surface area contributed by atoms with Crippen LogP contribution >= 0.6 is 35.4 Å². The summed E-state index contributed by atoms with van der Waals surface area (Å²) in [7, 11) is 0. The zero-order chi connectivity index (χ0) is 17.7. The monoisotopic (exact) mass is 378 g/mol. The molecule has 0 unspecified atom stereocenters. The lowest BCUT2D eigenvalue weighted by atomic mass is 10.1. The molecule has 1 heterocycles. The molecule has 0 bridgehead atoms. The van der Waals surface area contributed by atoms with Crippen LogP contribution in [0.1, 0.15) is 11.1 Å². The first-order valence-electron chi connectivity index (χ1n) is 7.18. The highest BCUT2D eigenvalue weighted by atomic mass is 35.5. The fourth-order valence-corrected chi connectivity index (χ4v) is 2.77. The molecule has 3 nitrogen and oxygen atoms in total. The Kier molecular flexibility index (Phi) is 6.37. The Morgan fingerprint density at radius 2 is 2.12 bits per heavy atom. The van der Waals surface area contributed by atoms with E-state index in [-0.39, 0.29) is 5.76 Å². The van der Waals surface area contributed by atoms with Gasteiger partial charge in [0.1, 0.15) is 0 Å². The first-order chi connectivity index (χ1) is 11.4. The topological polar surface area (TPSA) is 39.0 Å². The van der Waals surface area contributed by atoms with E-state index < -0.39 is 0 Å². The summed E-state index contributed by atoms with van der Waals surface area (Å²) in [5.41, 5.74) is 1.60. The van der Waals surface area contributed by atoms with Crippen molar-refractivity contribution < 1.29 is 9.67 Å². The van der Waals surface area contributed by atoms with Crippen molar-refractivity contribution in [1.29, 1.82) is 0 Å². The van der Waals surface area contributed by atoms with Gasteiger partial charge in [-0.25, -0.2) is 0 Å². The minimum Gasteiger partial charge on any atom is -0.867 e. The molecular formula is C18H16Cl2N2OS. The maximum atomic E-state index is 13.1. The molecule has 2 rings (SSSR count). The summed E-state index contributed by atoms with van der Waals surface area (Å²) in [4.78, 5) is 0.312. The van der Waals surface area contributed by atoms with E-state index in [1.165, 1.54) is 0 Å². The zero-order valence-electron chi connectivity index (χ0n) is 13.1. The van der Waals surface area contributed by atoms with Crippen molar-refractivity contribution in [2.75, 3.05) is 6.54 Å². The molecule has 0 saturated carbocycles. The quantitative estimate of drug-likeness (QED) is 0.285. The van der Waals surface area contributed by atoms with Gasteiger partial charge in [0.25, 0.3) is 0 Å². The van der Waals surface area contributed by atoms with Crippen molar-refractivity contribution in [3.8, 4) is 0 Å². The Labute approximate surface area is 156 Å². The van der Waals surface area contributed by atoms with E-state index in [0.717, 1.165) is 5.56 Å². The number of pyridine rings is 1. The van der Waals surface area contributed by atoms with Crippen LogP contribution in [0.5, 0.6) is 0 Å². The average Bonchev–Trinajstić information content (AvgIpc) is 2.55. The number of thiocarbonyl (C=S) groups is 1. The molecule has 2 aromatic rings. The molecule has 0 radical (unpaired) electrons. The van der Waals surface area contributed by atoms with E-state index in [1.54, 1.807) is 35.0 Å². The normalized spacial score (nSPS) is 11.6. The number of hydrogen-bond donors (Lipinski definition) is 1. The molecule has 124 valence electrons. The van der Waals surface area contributed by atoms with Crippen molar-refractivity contribution >= 4 is 51.9 Å². The third-order valence-electron chi connectivity index (χ3n) is 3.22. The maximum absolute atomic E-state index is 13.1. The van der Waals surface area contributed by atoms with Gasteiger partial charge in [0.2, 0.25) is 5.70 Å². The van der Waals surface area contributed by atoms with Crippen molar-refractivity contribution in [3.63, 3.8) is 0 Å². The molecule has 0 amide bonds. The zero-order valence-corrected chi connectivity index (χ0v) is 15.4. The van der Waals surface area contributed by atoms with Gasteiger partial charge in [-0.05, 0) is 42.5 Å². The van der Waals surface area contributed by atoms with Gasteiger partial charge >= 0.3 is 0 Å². The van der Waals surface area contributed by atoms with Crippen LogP contribution in [0.3, 0.4) is 0 Å². The third-order valence-corrected chi connectivity index (χ3v) is 4.12. The number of nitrogens with zero attached hydrogens (tertiary/aromatic N) is 1. The minimum atomic E-state index is -0.306. The SMILES string of the molecule is C=CCNC(=S)/C(=C(\[O-])c1cc(Cl)ccc1Cl)[n+]1cccc(C)c1. The Morgan fingerprint density at radius 3 is 2.79 bits per heavy atom. The molecule has 0 atom stereocenters. The molecule has 0 aliphatic rings. The number of aromatic nitrogens is 1. The second-order valence-electron chi connectivity index (χ2n) is 5.09. The van der Waals surface area contributed by atoms with Crippen LogP contribution in [-0.4, -0.2) is 11.5 Å². The van der Waals surface area contributed by atoms with Gasteiger partial charge in [-0.3, -0.25) is 0 Å². The Morgan fingerprint density at radius 1 is 1.38 bits per heavy atom. The highest BCUT2D eigenvalue weighted by molar-refractivity contribution is 7.81. The van der Waals surface area contributed by atoms with Crippen molar-refractivity contribution in [1.82, 2.24) is 5.32 Å². The van der Waals surface area contributed by atoms with Gasteiger partial charge in [-0.15, -0.1) is 6.58 Å². The summed E-state index contributed by atoms with van der Waals surface area (Å²) in [6, 6.07) is 8.55. The van der Waals surface area contributed by atoms with Gasteiger partial charge in [-0.2, -0.15) is 4.57 Å². The van der Waals surface area contributed by atoms with Crippen LogP contribution in [0.15, 0.2) is 55.4 Å². The van der Waals surface area contributed by atoms with E-state index in [2.05, 4.69) is 11.9 Å². The molecule has 0 aliphatic carbocycles. The number of aryl methyl sites for hydroxylation is 1. The molecule has 0 aliphatic heterocycles. The van der Waals surface area contributed by atoms with Crippen LogP contribution in [0.2, 0.25) is 10.0 Å². The van der Waals surface area contributed by atoms with E-state index in [9.17, 15) is 5.11 Å². The summed E-state index contributed by atoms with van der Waals surface area (Å²) in [6.45, 7) is 6.03. The maximum Gasteiger partial charge on any atom is 0.238 e. The van der Waals surface area contributed by atoms with E-state index >= 15 is 0 Å². The van der Waals surface area contributed by atoms with Crippen molar-refractivity contribution in [3.05, 3.63) is 76.6 Å². The third kappa shape index (κ3) is 4.35. The minimum absolute atomic E-state index is 0.302. The van der Waals surface area contributed by atoms with Gasteiger partial charge in [0.05, 0.1) is 0 Å². The van der Waals surface area contributed by atoms with Crippen molar-refractivity contribution in [2.45, 2.75) is 6.92 Å². The molecule has 6 heteroatoms. The number of benzene rings is 1. The average molecular weight is 379 g/mol. The fourth-order valence-electron chi connectivity index (χ4n) is 2.12. The molecule has 1 aromatic carbocycles. The molecule has 0 fully saturated rings. The highest BCUT2D eigenvalue weighted by Gasteiger charge is 2.19. The molecular weight excluding hydrogens is 363 g/mol. The van der Waals surface area contributed by atoms with Gasteiger partial charge in [-0.1, -0.05) is 41.5 Å². The summed E-state index contributed by atoms with van der Waals surface area (Å²) in [6.07, 6.45) is 5.26. The predicted molar refractivity (Wildman–Crippen MR) is 102 cm³/mol. The standard InChI is InChI=1S/C18H16Cl2N2OS/c1-3-8-21-18(24)16(22-9-4-5-12(2)11-22)17(23)14-10-13(19)6-7-15(14)20/h3-7,9-11H,1,8H2,2H3,(H-,21,23,24). The van der Waals surface area contributed by atoms with Crippen LogP contribution in [-0.2, 0) is 0 Å². The van der Waals surface area contributed by atoms with Crippen LogP contribution in [0, 0.1) is 6.92 Å². The van der Waals surface area contributed by atoms with Gasteiger partial charge in [0.15, 0.2) is 17.4 Å². The van der Waals surface area contributed by atoms with Crippen LogP contribution in [0.25, 0.3) is 11.5 Å². The van der Waals surface area contributed by atoms with Crippen molar-refractivity contribution in [2.24, 2.45) is 0 Å². The van der Waals surface area contributed by atoms with E-state index in [0.29, 0.717) is 32.8 Å². The first kappa shape index (κ1) is 18.5. The number of nitrogens with one attached hydrogen (secondary N) is 1. The molecule has 1 N–H and O–H groups in total. The summed E-state index contributed by atoms with van der Waals surface area (Å²) in [5.74, 6) is -0.306. The Balaban J connectivity index is 2.65. The lowest BCUT2D eigenvalue weighted by Crippen LogP contribution is -2.42. The van der Waals surface area contributed by atoms with Gasteiger partial charge in [0, 0.05) is 28.2 Å². The second kappa shape index (κ2) is 8.29. The summed E-state index contributed by atoms with van der Waals surface area (Å²) in [5, 5.41) is 16.8. The Bertz CT molecular complexity index is 818. The fraction of sp³-hybridized carbons (Fsp3) is 0.111. The lowest BCUT2D eigenvalue weighted by molar-refractivity contribution is -0.578.